The van der Waals surface area contributed by atoms with Gasteiger partial charge in [-0.2, -0.15) is 10.4 Å². The van der Waals surface area contributed by atoms with E-state index in [1.54, 1.807) is 13.0 Å². The van der Waals surface area contributed by atoms with Crippen molar-refractivity contribution in [1.82, 2.24) is 15.5 Å². The van der Waals surface area contributed by atoms with Gasteiger partial charge in [0.1, 0.15) is 6.07 Å². The summed E-state index contributed by atoms with van der Waals surface area (Å²) >= 11 is 0. The zero-order valence-corrected chi connectivity index (χ0v) is 9.14. The average Bonchev–Trinajstić information content (AvgIpc) is 2.29. The van der Waals surface area contributed by atoms with Crippen molar-refractivity contribution in [3.8, 4) is 6.07 Å². The Morgan fingerprint density at radius 3 is 3.06 bits per heavy atom. The summed E-state index contributed by atoms with van der Waals surface area (Å²) in [5.41, 5.74) is 0.477. The monoisotopic (exact) mass is 221 g/mol. The second-order valence-electron chi connectivity index (χ2n) is 3.39. The van der Waals surface area contributed by atoms with Crippen LogP contribution in [-0.2, 0) is 0 Å². The molecule has 1 unspecified atom stereocenters. The summed E-state index contributed by atoms with van der Waals surface area (Å²) in [5.74, 6) is 0.490. The first-order valence-electron chi connectivity index (χ1n) is 5.08. The van der Waals surface area contributed by atoms with Crippen molar-refractivity contribution in [3.63, 3.8) is 0 Å². The maximum absolute atomic E-state index is 9.00. The lowest BCUT2D eigenvalue weighted by Crippen LogP contribution is -2.29. The van der Waals surface area contributed by atoms with Gasteiger partial charge < -0.3 is 15.7 Å². The molecule has 0 aliphatic carbocycles. The second-order valence-corrected chi connectivity index (χ2v) is 3.39. The van der Waals surface area contributed by atoms with Gasteiger partial charge in [-0.3, -0.25) is 0 Å². The van der Waals surface area contributed by atoms with E-state index in [1.807, 2.05) is 6.07 Å². The molecule has 1 atom stereocenters. The fourth-order valence-electron chi connectivity index (χ4n) is 1.13. The molecule has 1 aromatic heterocycles. The molecule has 1 heterocycles. The Morgan fingerprint density at radius 1 is 1.56 bits per heavy atom. The van der Waals surface area contributed by atoms with E-state index in [9.17, 15) is 0 Å². The van der Waals surface area contributed by atoms with Gasteiger partial charge in [-0.25, -0.2) is 0 Å². The highest BCUT2D eigenvalue weighted by Crippen LogP contribution is 2.06. The summed E-state index contributed by atoms with van der Waals surface area (Å²) in [6, 6.07) is 3.64. The largest absolute Gasteiger partial charge is 0.392 e. The normalized spacial score (nSPS) is 11.8. The molecule has 0 saturated carbocycles. The Balaban J connectivity index is 2.30. The van der Waals surface area contributed by atoms with Gasteiger partial charge in [0, 0.05) is 19.6 Å². The van der Waals surface area contributed by atoms with Crippen LogP contribution in [0.5, 0.6) is 0 Å². The zero-order chi connectivity index (χ0) is 11.8. The molecular weight excluding hydrogens is 206 g/mol. The molecule has 0 saturated heterocycles. The first kappa shape index (κ1) is 12.4. The van der Waals surface area contributed by atoms with Crippen LogP contribution < -0.4 is 10.6 Å². The van der Waals surface area contributed by atoms with Crippen molar-refractivity contribution in [2.75, 3.05) is 25.0 Å². The number of hydrogen-bond acceptors (Lipinski definition) is 6. The molecule has 1 aromatic rings. The molecular formula is C10H15N5O. The van der Waals surface area contributed by atoms with Crippen molar-refractivity contribution in [1.29, 1.82) is 5.26 Å². The molecule has 0 radical (unpaired) electrons. The summed E-state index contributed by atoms with van der Waals surface area (Å²) < 4.78 is 0. The highest BCUT2D eigenvalue weighted by Gasteiger charge is 2.01. The van der Waals surface area contributed by atoms with E-state index in [0.29, 0.717) is 31.0 Å². The fourth-order valence-corrected chi connectivity index (χ4v) is 1.13. The molecule has 3 N–H and O–H groups in total. The third-order valence-electron chi connectivity index (χ3n) is 1.88. The highest BCUT2D eigenvalue weighted by atomic mass is 16.3. The molecule has 6 heteroatoms. The van der Waals surface area contributed by atoms with Crippen LogP contribution in [0, 0.1) is 11.3 Å². The van der Waals surface area contributed by atoms with E-state index in [4.69, 9.17) is 10.4 Å². The number of nitrogens with zero attached hydrogens (tertiary/aromatic N) is 3. The Morgan fingerprint density at radius 2 is 2.38 bits per heavy atom. The number of nitriles is 1. The first-order valence-corrected chi connectivity index (χ1v) is 5.08. The molecule has 16 heavy (non-hydrogen) atoms. The van der Waals surface area contributed by atoms with Gasteiger partial charge in [0.25, 0.3) is 0 Å². The third kappa shape index (κ3) is 4.21. The highest BCUT2D eigenvalue weighted by molar-refractivity contribution is 5.49. The summed E-state index contributed by atoms with van der Waals surface area (Å²) in [5, 5.41) is 31.4. The number of rotatable bonds is 6. The maximum atomic E-state index is 9.00. The Kier molecular flexibility index (Phi) is 5.19. The number of hydrogen-bond donors (Lipinski definition) is 3. The lowest BCUT2D eigenvalue weighted by Gasteiger charge is -2.08. The molecule has 0 fully saturated rings. The molecule has 0 aliphatic rings. The van der Waals surface area contributed by atoms with Gasteiger partial charge in [-0.1, -0.05) is 0 Å². The average molecular weight is 221 g/mol. The number of anilines is 1. The predicted molar refractivity (Wildman–Crippen MR) is 59.8 cm³/mol. The second kappa shape index (κ2) is 6.71. The lowest BCUT2D eigenvalue weighted by atomic mass is 10.3. The van der Waals surface area contributed by atoms with E-state index in [-0.39, 0.29) is 6.10 Å². The molecule has 0 aliphatic heterocycles. The van der Waals surface area contributed by atoms with Gasteiger partial charge in [-0.05, 0) is 13.0 Å². The molecule has 0 spiro atoms. The van der Waals surface area contributed by atoms with Crippen LogP contribution in [-0.4, -0.2) is 41.0 Å². The van der Waals surface area contributed by atoms with Gasteiger partial charge >= 0.3 is 0 Å². The van der Waals surface area contributed by atoms with Crippen molar-refractivity contribution in [3.05, 3.63) is 17.8 Å². The van der Waals surface area contributed by atoms with E-state index in [0.717, 1.165) is 0 Å². The first-order chi connectivity index (χ1) is 7.74. The van der Waals surface area contributed by atoms with Crippen LogP contribution in [0.15, 0.2) is 12.3 Å². The van der Waals surface area contributed by atoms with Crippen LogP contribution in [0.1, 0.15) is 12.5 Å². The van der Waals surface area contributed by atoms with Crippen LogP contribution in [0.25, 0.3) is 0 Å². The summed E-state index contributed by atoms with van der Waals surface area (Å²) in [6.45, 7) is 3.58. The predicted octanol–water partition coefficient (Wildman–Crippen LogP) is -0.269. The minimum Gasteiger partial charge on any atom is -0.392 e. The van der Waals surface area contributed by atoms with Crippen LogP contribution in [0.3, 0.4) is 0 Å². The van der Waals surface area contributed by atoms with E-state index in [2.05, 4.69) is 20.8 Å². The van der Waals surface area contributed by atoms with Crippen molar-refractivity contribution < 1.29 is 5.11 Å². The minimum atomic E-state index is -0.355. The van der Waals surface area contributed by atoms with Gasteiger partial charge in [0.15, 0.2) is 5.82 Å². The number of aliphatic hydroxyl groups excluding tert-OH is 1. The molecule has 1 rings (SSSR count). The third-order valence-corrected chi connectivity index (χ3v) is 1.88. The van der Waals surface area contributed by atoms with Gasteiger partial charge in [0.2, 0.25) is 0 Å². The minimum absolute atomic E-state index is 0.355. The smallest absolute Gasteiger partial charge is 0.166 e. The van der Waals surface area contributed by atoms with Crippen molar-refractivity contribution in [2.45, 2.75) is 13.0 Å². The summed E-state index contributed by atoms with van der Waals surface area (Å²) in [4.78, 5) is 0. The van der Waals surface area contributed by atoms with Crippen LogP contribution in [0.4, 0.5) is 5.82 Å². The van der Waals surface area contributed by atoms with E-state index >= 15 is 0 Å². The number of aliphatic hydroxyl groups is 1. The van der Waals surface area contributed by atoms with Gasteiger partial charge in [-0.15, -0.1) is 5.10 Å². The van der Waals surface area contributed by atoms with Crippen LogP contribution >= 0.6 is 0 Å². The standard InChI is InChI=1S/C10H15N5O/c1-8(16)7-12-4-5-13-10-9(6-11)2-3-14-15-10/h2-3,8,12,16H,4-5,7H2,1H3,(H,13,15). The van der Waals surface area contributed by atoms with E-state index in [1.165, 1.54) is 6.20 Å². The summed E-state index contributed by atoms with van der Waals surface area (Å²) in [6.07, 6.45) is 1.13. The Hall–Kier alpha value is -1.71. The summed E-state index contributed by atoms with van der Waals surface area (Å²) in [7, 11) is 0. The number of nitrogens with one attached hydrogen (secondary N) is 2. The quantitative estimate of drug-likeness (QED) is 0.572. The fraction of sp³-hybridized carbons (Fsp3) is 0.500. The van der Waals surface area contributed by atoms with Crippen LogP contribution in [0.2, 0.25) is 0 Å². The SMILES string of the molecule is CC(O)CNCCNc1nnccc1C#N. The van der Waals surface area contributed by atoms with Crippen molar-refractivity contribution >= 4 is 5.82 Å². The number of aromatic nitrogens is 2. The molecule has 86 valence electrons. The lowest BCUT2D eigenvalue weighted by molar-refractivity contribution is 0.192. The van der Waals surface area contributed by atoms with E-state index < -0.39 is 0 Å². The molecule has 0 amide bonds. The maximum Gasteiger partial charge on any atom is 0.166 e. The Bertz CT molecular complexity index is 360. The topological polar surface area (TPSA) is 93.9 Å². The molecule has 0 bridgehead atoms. The zero-order valence-electron chi connectivity index (χ0n) is 9.14. The Labute approximate surface area is 94.3 Å². The van der Waals surface area contributed by atoms with Crippen molar-refractivity contribution in [2.24, 2.45) is 0 Å². The molecule has 6 nitrogen and oxygen atoms in total. The molecule has 0 aromatic carbocycles. The van der Waals surface area contributed by atoms with Gasteiger partial charge in [0.05, 0.1) is 17.9 Å².